The summed E-state index contributed by atoms with van der Waals surface area (Å²) in [6.07, 6.45) is 1.95. The van der Waals surface area contributed by atoms with Crippen molar-refractivity contribution in [3.63, 3.8) is 0 Å². The fourth-order valence-electron chi connectivity index (χ4n) is 4.71. The minimum absolute atomic E-state index is 0.0161. The number of carbonyl (C=O) groups excluding carboxylic acids is 1. The van der Waals surface area contributed by atoms with Gasteiger partial charge in [-0.15, -0.1) is 4.36 Å². The van der Waals surface area contributed by atoms with E-state index in [-0.39, 0.29) is 29.4 Å². The number of ether oxygens (including phenoxy) is 1. The van der Waals surface area contributed by atoms with Crippen LogP contribution in [-0.4, -0.2) is 32.8 Å². The van der Waals surface area contributed by atoms with Crippen LogP contribution in [0.15, 0.2) is 15.5 Å². The van der Waals surface area contributed by atoms with Gasteiger partial charge in [0.25, 0.3) is 0 Å². The average molecular weight is 451 g/mol. The van der Waals surface area contributed by atoms with Gasteiger partial charge in [-0.25, -0.2) is 27.6 Å². The highest BCUT2D eigenvalue weighted by atomic mass is 32.2. The number of nitrogens with zero attached hydrogens (tertiary/aromatic N) is 3. The number of nitrogens with two attached hydrogens (primary N) is 1. The van der Waals surface area contributed by atoms with Crippen LogP contribution >= 0.6 is 0 Å². The zero-order valence-electron chi connectivity index (χ0n) is 17.2. The van der Waals surface area contributed by atoms with E-state index in [9.17, 15) is 17.8 Å². The Morgan fingerprint density at radius 1 is 1.32 bits per heavy atom. The highest BCUT2D eigenvalue weighted by Crippen LogP contribution is 2.42. The minimum Gasteiger partial charge on any atom is -0.474 e. The molecule has 2 aliphatic carbocycles. The Bertz CT molecular complexity index is 1250. The lowest BCUT2D eigenvalue weighted by Crippen LogP contribution is -2.26. The second kappa shape index (κ2) is 6.73. The number of benzene rings is 1. The molecule has 11 heteroatoms. The van der Waals surface area contributed by atoms with Crippen LogP contribution in [-0.2, 0) is 41.1 Å². The molecule has 0 radical (unpaired) electrons. The largest absolute Gasteiger partial charge is 0.474 e. The van der Waals surface area contributed by atoms with Gasteiger partial charge in [0.2, 0.25) is 5.88 Å². The Kier molecular flexibility index (Phi) is 4.43. The van der Waals surface area contributed by atoms with Gasteiger partial charge in [0.15, 0.2) is 9.92 Å². The van der Waals surface area contributed by atoms with E-state index >= 15 is 0 Å². The monoisotopic (exact) mass is 451 g/mol. The van der Waals surface area contributed by atoms with Crippen LogP contribution in [0.2, 0.25) is 0 Å². The second-order valence-corrected chi connectivity index (χ2v) is 10.6. The third kappa shape index (κ3) is 3.13. The van der Waals surface area contributed by atoms with Crippen LogP contribution in [0.5, 0.6) is 5.88 Å². The Labute approximate surface area is 178 Å². The summed E-state index contributed by atoms with van der Waals surface area (Å²) < 4.78 is 52.8. The van der Waals surface area contributed by atoms with Crippen molar-refractivity contribution in [2.24, 2.45) is 9.50 Å². The molecule has 0 bridgehead atoms. The van der Waals surface area contributed by atoms with Crippen molar-refractivity contribution in [2.45, 2.75) is 62.6 Å². The Morgan fingerprint density at radius 3 is 2.81 bits per heavy atom. The molecule has 166 valence electrons. The maximum Gasteiger partial charge on any atom is 0.354 e. The molecule has 0 spiro atoms. The summed E-state index contributed by atoms with van der Waals surface area (Å²) in [6, 6.07) is -0.935. The van der Waals surface area contributed by atoms with Crippen molar-refractivity contribution in [1.82, 2.24) is 9.78 Å². The SMILES string of the molecule is CC1(C)COc2c([S@@](N)(=O)=NC(=O)Nc3c4c(c(F)c5c3C[C@H](F)C5)CCC4)cnn21. The molecule has 8 nitrogen and oxygen atoms in total. The van der Waals surface area contributed by atoms with Gasteiger partial charge in [0, 0.05) is 18.5 Å². The van der Waals surface area contributed by atoms with Gasteiger partial charge in [0.1, 0.15) is 23.5 Å². The summed E-state index contributed by atoms with van der Waals surface area (Å²) in [5.41, 5.74) is 1.88. The number of nitrogens with one attached hydrogen (secondary N) is 1. The van der Waals surface area contributed by atoms with Crippen LogP contribution in [0.4, 0.5) is 19.3 Å². The van der Waals surface area contributed by atoms with E-state index in [1.807, 2.05) is 13.8 Å². The van der Waals surface area contributed by atoms with Crippen molar-refractivity contribution in [1.29, 1.82) is 0 Å². The molecule has 1 aromatic carbocycles. The van der Waals surface area contributed by atoms with Crippen molar-refractivity contribution in [2.75, 3.05) is 11.9 Å². The van der Waals surface area contributed by atoms with E-state index in [1.54, 1.807) is 4.68 Å². The van der Waals surface area contributed by atoms with Gasteiger partial charge in [-0.2, -0.15) is 5.10 Å². The van der Waals surface area contributed by atoms with E-state index in [2.05, 4.69) is 14.8 Å². The molecule has 0 saturated carbocycles. The highest BCUT2D eigenvalue weighted by Gasteiger charge is 2.37. The maximum atomic E-state index is 14.8. The van der Waals surface area contributed by atoms with Gasteiger partial charge in [-0.05, 0) is 55.4 Å². The first-order chi connectivity index (χ1) is 14.6. The fourth-order valence-corrected chi connectivity index (χ4v) is 5.69. The molecule has 1 aliphatic heterocycles. The van der Waals surface area contributed by atoms with Crippen molar-refractivity contribution < 1.29 is 22.5 Å². The van der Waals surface area contributed by atoms with Crippen molar-refractivity contribution in [3.05, 3.63) is 34.3 Å². The average Bonchev–Trinajstić information content (AvgIpc) is 3.43. The van der Waals surface area contributed by atoms with Crippen molar-refractivity contribution >= 4 is 21.6 Å². The number of urea groups is 1. The summed E-state index contributed by atoms with van der Waals surface area (Å²) in [4.78, 5) is 12.8. The standard InChI is InChI=1S/C20H23F2N5O3S/c1-20(2)9-30-18-15(8-24-27(18)20)31(23,29)26-19(28)25-17-12-5-3-4-11(12)16(22)13-6-10(21)7-14(13)17/h8,10H,3-7,9H2,1-2H3,(H3,23,25,26,28,29)/t10-,31+/m1/s1. The van der Waals surface area contributed by atoms with E-state index in [0.29, 0.717) is 47.4 Å². The summed E-state index contributed by atoms with van der Waals surface area (Å²) in [7, 11) is -3.65. The molecule has 0 unspecified atom stereocenters. The van der Waals surface area contributed by atoms with Crippen LogP contribution in [0.1, 0.15) is 42.5 Å². The van der Waals surface area contributed by atoms with Crippen LogP contribution in [0, 0.1) is 5.82 Å². The lowest BCUT2D eigenvalue weighted by Gasteiger charge is -2.16. The lowest BCUT2D eigenvalue weighted by molar-refractivity contribution is 0.259. The second-order valence-electron chi connectivity index (χ2n) is 8.88. The number of carbonyl (C=O) groups is 1. The summed E-state index contributed by atoms with van der Waals surface area (Å²) in [5, 5.41) is 12.7. The van der Waals surface area contributed by atoms with Crippen molar-refractivity contribution in [3.8, 4) is 5.88 Å². The number of fused-ring (bicyclic) bond motifs is 3. The van der Waals surface area contributed by atoms with Gasteiger partial charge in [0.05, 0.1) is 11.7 Å². The van der Waals surface area contributed by atoms with E-state index < -0.39 is 27.7 Å². The highest BCUT2D eigenvalue weighted by molar-refractivity contribution is 7.91. The molecule has 0 fully saturated rings. The van der Waals surface area contributed by atoms with Gasteiger partial charge in [-0.1, -0.05) is 0 Å². The number of hydrogen-bond donors (Lipinski definition) is 2. The third-order valence-corrected chi connectivity index (χ3v) is 7.51. The number of alkyl halides is 1. The number of halogens is 2. The minimum atomic E-state index is -3.65. The van der Waals surface area contributed by atoms with E-state index in [1.165, 1.54) is 6.20 Å². The molecule has 3 aliphatic rings. The Hall–Kier alpha value is -2.53. The molecular formula is C20H23F2N5O3S. The number of amides is 2. The first-order valence-corrected chi connectivity index (χ1v) is 11.7. The Morgan fingerprint density at radius 2 is 2.03 bits per heavy atom. The molecule has 2 atom stereocenters. The number of aromatic nitrogens is 2. The molecule has 0 saturated heterocycles. The first kappa shape index (κ1) is 20.4. The summed E-state index contributed by atoms with van der Waals surface area (Å²) >= 11 is 0. The van der Waals surface area contributed by atoms with Gasteiger partial charge < -0.3 is 10.1 Å². The van der Waals surface area contributed by atoms with E-state index in [0.717, 1.165) is 6.42 Å². The predicted molar refractivity (Wildman–Crippen MR) is 110 cm³/mol. The molecule has 1 aromatic heterocycles. The molecule has 5 rings (SSSR count). The Balaban J connectivity index is 1.51. The summed E-state index contributed by atoms with van der Waals surface area (Å²) in [6.45, 7) is 4.12. The first-order valence-electron chi connectivity index (χ1n) is 10.1. The normalized spacial score (nSPS) is 22.3. The third-order valence-electron chi connectivity index (χ3n) is 6.16. The lowest BCUT2D eigenvalue weighted by atomic mass is 9.98. The molecule has 2 amide bonds. The predicted octanol–water partition coefficient (Wildman–Crippen LogP) is 3.01. The van der Waals surface area contributed by atoms with E-state index in [4.69, 9.17) is 9.88 Å². The number of rotatable bonds is 2. The van der Waals surface area contributed by atoms with Crippen LogP contribution in [0.3, 0.4) is 0 Å². The number of hydrogen-bond acceptors (Lipinski definition) is 4. The molecule has 2 heterocycles. The number of anilines is 1. The topological polar surface area (TPSA) is 112 Å². The van der Waals surface area contributed by atoms with Crippen LogP contribution in [0.25, 0.3) is 0 Å². The molecule has 3 N–H and O–H groups in total. The van der Waals surface area contributed by atoms with Gasteiger partial charge in [-0.3, -0.25) is 0 Å². The maximum absolute atomic E-state index is 14.8. The zero-order valence-corrected chi connectivity index (χ0v) is 18.0. The summed E-state index contributed by atoms with van der Waals surface area (Å²) in [5.74, 6) is -0.145. The smallest absolute Gasteiger partial charge is 0.354 e. The molecule has 2 aromatic rings. The van der Waals surface area contributed by atoms with Gasteiger partial charge >= 0.3 is 6.03 Å². The fraction of sp³-hybridized carbons (Fsp3) is 0.500. The zero-order chi connectivity index (χ0) is 22.1. The molecular weight excluding hydrogens is 428 g/mol. The molecule has 31 heavy (non-hydrogen) atoms. The quantitative estimate of drug-likeness (QED) is 0.731. The van der Waals surface area contributed by atoms with Crippen LogP contribution < -0.4 is 15.2 Å².